The molecule has 0 spiro atoms. The van der Waals surface area contributed by atoms with Crippen molar-refractivity contribution in [1.29, 1.82) is 0 Å². The van der Waals surface area contributed by atoms with Crippen LogP contribution in [0.2, 0.25) is 0 Å². The van der Waals surface area contributed by atoms with Crippen LogP contribution in [0.25, 0.3) is 0 Å². The van der Waals surface area contributed by atoms with Gasteiger partial charge in [0, 0.05) is 12.1 Å². The van der Waals surface area contributed by atoms with Gasteiger partial charge in [-0.1, -0.05) is 48.7 Å². The second-order valence-electron chi connectivity index (χ2n) is 8.78. The normalized spacial score (nSPS) is 14.9. The summed E-state index contributed by atoms with van der Waals surface area (Å²) in [5, 5.41) is 0. The SMILES string of the molecule is C#CC1(OC(=O)COc2c(C)cc([S+](c3ccccc3)c3ccccc3)cc2C)CCCCC1. The molecule has 3 aromatic carbocycles. The third kappa shape index (κ3) is 5.48. The quantitative estimate of drug-likeness (QED) is 0.220. The fourth-order valence-electron chi connectivity index (χ4n) is 4.55. The molecule has 0 N–H and O–H groups in total. The van der Waals surface area contributed by atoms with Crippen LogP contribution < -0.4 is 4.74 Å². The summed E-state index contributed by atoms with van der Waals surface area (Å²) in [6.07, 6.45) is 10.3. The highest BCUT2D eigenvalue weighted by atomic mass is 32.2. The molecule has 0 aliphatic heterocycles. The van der Waals surface area contributed by atoms with Gasteiger partial charge < -0.3 is 9.47 Å². The predicted molar refractivity (Wildman–Crippen MR) is 137 cm³/mol. The second kappa shape index (κ2) is 10.8. The van der Waals surface area contributed by atoms with E-state index in [1.807, 2.05) is 26.0 Å². The van der Waals surface area contributed by atoms with E-state index in [-0.39, 0.29) is 17.5 Å². The van der Waals surface area contributed by atoms with Crippen molar-refractivity contribution in [3.63, 3.8) is 0 Å². The van der Waals surface area contributed by atoms with Gasteiger partial charge in [0.25, 0.3) is 0 Å². The molecule has 3 nitrogen and oxygen atoms in total. The van der Waals surface area contributed by atoms with Crippen molar-refractivity contribution in [3.05, 3.63) is 83.9 Å². The van der Waals surface area contributed by atoms with E-state index in [1.165, 1.54) is 14.7 Å². The van der Waals surface area contributed by atoms with Gasteiger partial charge in [-0.3, -0.25) is 0 Å². The minimum absolute atomic E-state index is 0.145. The maximum Gasteiger partial charge on any atom is 0.345 e. The molecular formula is C30H31O3S+. The molecule has 1 aliphatic carbocycles. The van der Waals surface area contributed by atoms with Gasteiger partial charge in [0.15, 0.2) is 26.9 Å². The molecule has 0 radical (unpaired) electrons. The summed E-state index contributed by atoms with van der Waals surface area (Å²) in [4.78, 5) is 16.3. The van der Waals surface area contributed by atoms with Crippen LogP contribution in [-0.4, -0.2) is 18.2 Å². The van der Waals surface area contributed by atoms with Gasteiger partial charge in [0.05, 0.1) is 10.9 Å². The van der Waals surface area contributed by atoms with Gasteiger partial charge in [0.2, 0.25) is 0 Å². The average molecular weight is 472 g/mol. The first kappa shape index (κ1) is 24.0. The summed E-state index contributed by atoms with van der Waals surface area (Å²) < 4.78 is 11.7. The smallest absolute Gasteiger partial charge is 0.345 e. The summed E-state index contributed by atoms with van der Waals surface area (Å²) in [7, 11) is -0.237. The van der Waals surface area contributed by atoms with E-state index in [0.29, 0.717) is 0 Å². The van der Waals surface area contributed by atoms with E-state index >= 15 is 0 Å². The summed E-state index contributed by atoms with van der Waals surface area (Å²) >= 11 is 0. The van der Waals surface area contributed by atoms with Crippen molar-refractivity contribution in [3.8, 4) is 18.1 Å². The Bertz CT molecular complexity index is 1100. The van der Waals surface area contributed by atoms with Crippen LogP contribution in [-0.2, 0) is 20.4 Å². The van der Waals surface area contributed by atoms with Crippen molar-refractivity contribution < 1.29 is 14.3 Å². The van der Waals surface area contributed by atoms with E-state index in [9.17, 15) is 4.79 Å². The van der Waals surface area contributed by atoms with E-state index in [4.69, 9.17) is 15.9 Å². The molecule has 174 valence electrons. The lowest BCUT2D eigenvalue weighted by Gasteiger charge is -2.31. The molecule has 4 rings (SSSR count). The maximum absolute atomic E-state index is 12.6. The Hall–Kier alpha value is -3.16. The average Bonchev–Trinajstić information content (AvgIpc) is 2.85. The molecular weight excluding hydrogens is 440 g/mol. The van der Waals surface area contributed by atoms with E-state index in [2.05, 4.69) is 66.6 Å². The Morgan fingerprint density at radius 1 is 0.882 bits per heavy atom. The van der Waals surface area contributed by atoms with Crippen molar-refractivity contribution in [2.45, 2.75) is 66.2 Å². The van der Waals surface area contributed by atoms with Crippen LogP contribution in [0.4, 0.5) is 0 Å². The Morgan fingerprint density at radius 3 is 1.91 bits per heavy atom. The van der Waals surface area contributed by atoms with Crippen molar-refractivity contribution >= 4 is 16.9 Å². The summed E-state index contributed by atoms with van der Waals surface area (Å²) in [5.41, 5.74) is 1.22. The number of terminal acetylenes is 1. The molecule has 0 saturated heterocycles. The highest BCUT2D eigenvalue weighted by Gasteiger charge is 2.34. The van der Waals surface area contributed by atoms with E-state index in [0.717, 1.165) is 49.0 Å². The molecule has 0 amide bonds. The minimum atomic E-state index is -0.771. The lowest BCUT2D eigenvalue weighted by Crippen LogP contribution is -2.37. The molecule has 0 aromatic heterocycles. The van der Waals surface area contributed by atoms with Crippen LogP contribution in [0.3, 0.4) is 0 Å². The van der Waals surface area contributed by atoms with Gasteiger partial charge in [0.1, 0.15) is 5.75 Å². The Balaban J connectivity index is 1.54. The predicted octanol–water partition coefficient (Wildman–Crippen LogP) is 6.66. The first-order chi connectivity index (χ1) is 16.5. The Kier molecular flexibility index (Phi) is 7.65. The third-order valence-electron chi connectivity index (χ3n) is 6.20. The molecule has 4 heteroatoms. The van der Waals surface area contributed by atoms with Crippen LogP contribution in [0.1, 0.15) is 43.2 Å². The van der Waals surface area contributed by atoms with Crippen LogP contribution >= 0.6 is 0 Å². The van der Waals surface area contributed by atoms with Crippen LogP contribution in [0.5, 0.6) is 5.75 Å². The maximum atomic E-state index is 12.6. The lowest BCUT2D eigenvalue weighted by molar-refractivity contribution is -0.159. The molecule has 0 heterocycles. The van der Waals surface area contributed by atoms with Crippen LogP contribution in [0, 0.1) is 26.2 Å². The number of esters is 1. The monoisotopic (exact) mass is 471 g/mol. The number of hydrogen-bond donors (Lipinski definition) is 0. The van der Waals surface area contributed by atoms with Crippen molar-refractivity contribution in [1.82, 2.24) is 0 Å². The van der Waals surface area contributed by atoms with Crippen molar-refractivity contribution in [2.75, 3.05) is 6.61 Å². The number of rotatable bonds is 7. The standard InChI is InChI=1S/C30H31O3S/c1-4-30(18-12-7-13-19-30)33-28(31)22-32-29-23(2)20-27(21-24(29)3)34(25-14-8-5-9-15-25)26-16-10-6-11-17-26/h1,5-6,8-11,14-17,20-21H,7,12-13,18-19,22H2,2-3H3/q+1. The zero-order chi connectivity index (χ0) is 24.0. The molecule has 0 bridgehead atoms. The number of aryl methyl sites for hydroxylation is 2. The highest BCUT2D eigenvalue weighted by Crippen LogP contribution is 2.36. The number of hydrogen-bond acceptors (Lipinski definition) is 3. The lowest BCUT2D eigenvalue weighted by atomic mass is 9.85. The molecule has 34 heavy (non-hydrogen) atoms. The number of carbonyl (C=O) groups is 1. The molecule has 3 aromatic rings. The zero-order valence-electron chi connectivity index (χ0n) is 19.9. The molecule has 0 atom stereocenters. The number of carbonyl (C=O) groups excluding carboxylic acids is 1. The topological polar surface area (TPSA) is 35.5 Å². The second-order valence-corrected chi connectivity index (χ2v) is 10.8. The zero-order valence-corrected chi connectivity index (χ0v) is 20.7. The fourth-order valence-corrected chi connectivity index (χ4v) is 6.82. The molecule has 0 unspecified atom stereocenters. The van der Waals surface area contributed by atoms with Gasteiger partial charge >= 0.3 is 5.97 Å². The molecule has 1 aliphatic rings. The first-order valence-electron chi connectivity index (χ1n) is 11.8. The highest BCUT2D eigenvalue weighted by molar-refractivity contribution is 7.97. The van der Waals surface area contributed by atoms with Crippen molar-refractivity contribution in [2.24, 2.45) is 0 Å². The summed E-state index contributed by atoms with van der Waals surface area (Å²) in [6.45, 7) is 3.91. The van der Waals surface area contributed by atoms with Gasteiger partial charge in [-0.25, -0.2) is 4.79 Å². The van der Waals surface area contributed by atoms with Gasteiger partial charge in [-0.15, -0.1) is 6.42 Å². The van der Waals surface area contributed by atoms with E-state index in [1.54, 1.807) is 0 Å². The fraction of sp³-hybridized carbons (Fsp3) is 0.300. The number of ether oxygens (including phenoxy) is 2. The van der Waals surface area contributed by atoms with Gasteiger partial charge in [-0.05, 0) is 74.9 Å². The van der Waals surface area contributed by atoms with E-state index < -0.39 is 11.6 Å². The Morgan fingerprint density at radius 2 is 1.41 bits per heavy atom. The third-order valence-corrected chi connectivity index (χ3v) is 8.39. The molecule has 1 fully saturated rings. The minimum Gasteiger partial charge on any atom is -0.481 e. The summed E-state index contributed by atoms with van der Waals surface area (Å²) in [6, 6.07) is 25.4. The Labute approximate surface area is 205 Å². The largest absolute Gasteiger partial charge is 0.481 e. The van der Waals surface area contributed by atoms with Gasteiger partial charge in [-0.2, -0.15) is 0 Å². The number of benzene rings is 3. The first-order valence-corrected chi connectivity index (χ1v) is 13.0. The summed E-state index contributed by atoms with van der Waals surface area (Å²) in [5.74, 6) is 3.04. The van der Waals surface area contributed by atoms with Crippen LogP contribution in [0.15, 0.2) is 87.5 Å². The molecule has 1 saturated carbocycles.